The Kier molecular flexibility index (Phi) is 4.72. The van der Waals surface area contributed by atoms with Crippen LogP contribution in [-0.4, -0.2) is 32.3 Å². The van der Waals surface area contributed by atoms with E-state index in [2.05, 4.69) is 9.71 Å². The van der Waals surface area contributed by atoms with Gasteiger partial charge >= 0.3 is 0 Å². The van der Waals surface area contributed by atoms with Gasteiger partial charge in [-0.25, -0.2) is 13.4 Å². The van der Waals surface area contributed by atoms with E-state index in [0.717, 1.165) is 15.5 Å². The van der Waals surface area contributed by atoms with Crippen molar-refractivity contribution in [3.8, 4) is 5.75 Å². The zero-order chi connectivity index (χ0) is 19.1. The number of carbonyl (C=O) groups is 2. The van der Waals surface area contributed by atoms with Gasteiger partial charge in [-0.15, -0.1) is 11.3 Å². The fourth-order valence-electron chi connectivity index (χ4n) is 2.57. The second-order valence-corrected chi connectivity index (χ2v) is 8.58. The third-order valence-electron chi connectivity index (χ3n) is 4.00. The number of sulfonamides is 1. The summed E-state index contributed by atoms with van der Waals surface area (Å²) in [6.45, 7) is 3.63. The van der Waals surface area contributed by atoms with E-state index in [-0.39, 0.29) is 46.1 Å². The number of aromatic nitrogens is 1. The van der Waals surface area contributed by atoms with E-state index in [1.165, 1.54) is 36.6 Å². The van der Waals surface area contributed by atoms with Gasteiger partial charge in [0.1, 0.15) is 10.6 Å². The van der Waals surface area contributed by atoms with E-state index in [9.17, 15) is 18.0 Å². The van der Waals surface area contributed by atoms with Gasteiger partial charge in [-0.3, -0.25) is 19.2 Å². The number of carbonyl (C=O) groups excluding carboxylic acids is 2. The normalized spacial score (nSPS) is 14.8. The maximum atomic E-state index is 12.8. The van der Waals surface area contributed by atoms with E-state index in [0.29, 0.717) is 0 Å². The van der Waals surface area contributed by atoms with Crippen LogP contribution in [0.1, 0.15) is 23.4 Å². The summed E-state index contributed by atoms with van der Waals surface area (Å²) in [6.07, 6.45) is 0.228. The van der Waals surface area contributed by atoms with E-state index >= 15 is 0 Å². The van der Waals surface area contributed by atoms with E-state index in [4.69, 9.17) is 4.74 Å². The molecular formula is C16H17N3O5S2. The summed E-state index contributed by atoms with van der Waals surface area (Å²) in [5.41, 5.74) is 0.937. The number of imide groups is 1. The molecule has 10 heteroatoms. The summed E-state index contributed by atoms with van der Waals surface area (Å²) in [5.74, 6) is -0.615. The maximum absolute atomic E-state index is 12.8. The third kappa shape index (κ3) is 3.29. The molecular weight excluding hydrogens is 378 g/mol. The predicted octanol–water partition coefficient (Wildman–Crippen LogP) is 2.22. The molecule has 26 heavy (non-hydrogen) atoms. The quantitative estimate of drug-likeness (QED) is 0.778. The molecule has 2 heterocycles. The number of amides is 2. The van der Waals surface area contributed by atoms with Crippen molar-refractivity contribution in [3.63, 3.8) is 0 Å². The molecule has 1 fully saturated rings. The number of aryl methyl sites for hydroxylation is 2. The Morgan fingerprint density at radius 3 is 2.38 bits per heavy atom. The SMILES string of the molecule is COc1ccc(N2C(=O)CCC2=O)cc1S(=O)(=O)Nc1nc(C)c(C)s1. The van der Waals surface area contributed by atoms with Crippen molar-refractivity contribution in [3.05, 3.63) is 28.8 Å². The molecule has 0 radical (unpaired) electrons. The van der Waals surface area contributed by atoms with Gasteiger partial charge in [-0.05, 0) is 32.0 Å². The van der Waals surface area contributed by atoms with E-state index in [1.54, 1.807) is 6.92 Å². The standard InChI is InChI=1S/C16H17N3O5S2/c1-9-10(2)25-16(17-9)18-26(22,23)13-8-11(4-5-12(13)24-3)19-14(20)6-7-15(19)21/h4-5,8H,6-7H2,1-3H3,(H,17,18). The number of hydrogen-bond acceptors (Lipinski definition) is 7. The average Bonchev–Trinajstić information content (AvgIpc) is 3.07. The van der Waals surface area contributed by atoms with E-state index < -0.39 is 10.0 Å². The summed E-state index contributed by atoms with van der Waals surface area (Å²) in [7, 11) is -2.68. The molecule has 1 aromatic heterocycles. The summed E-state index contributed by atoms with van der Waals surface area (Å²) >= 11 is 1.22. The van der Waals surface area contributed by atoms with Crippen LogP contribution in [0.5, 0.6) is 5.75 Å². The number of ether oxygens (including phenoxy) is 1. The molecule has 2 aromatic rings. The number of benzene rings is 1. The summed E-state index contributed by atoms with van der Waals surface area (Å²) < 4.78 is 33.2. The number of nitrogens with zero attached hydrogens (tertiary/aromatic N) is 2. The molecule has 1 aliphatic heterocycles. The van der Waals surface area contributed by atoms with Gasteiger partial charge in [0.05, 0.1) is 18.5 Å². The highest BCUT2D eigenvalue weighted by Gasteiger charge is 2.32. The Hall–Kier alpha value is -2.46. The Labute approximate surface area is 154 Å². The van der Waals surface area contributed by atoms with Gasteiger partial charge < -0.3 is 4.74 Å². The Bertz CT molecular complexity index is 962. The molecule has 0 bridgehead atoms. The van der Waals surface area contributed by atoms with Gasteiger partial charge in [-0.2, -0.15) is 0 Å². The molecule has 8 nitrogen and oxygen atoms in total. The first-order valence-corrected chi connectivity index (χ1v) is 10.0. The lowest BCUT2D eigenvalue weighted by molar-refractivity contribution is -0.121. The minimum atomic E-state index is -4.02. The molecule has 1 aromatic carbocycles. The molecule has 1 saturated heterocycles. The molecule has 1 aliphatic rings. The van der Waals surface area contributed by atoms with Crippen LogP contribution in [0.25, 0.3) is 0 Å². The fraction of sp³-hybridized carbons (Fsp3) is 0.312. The van der Waals surface area contributed by atoms with Crippen molar-refractivity contribution in [1.82, 2.24) is 4.98 Å². The molecule has 138 valence electrons. The lowest BCUT2D eigenvalue weighted by Crippen LogP contribution is -2.28. The second kappa shape index (κ2) is 6.69. The van der Waals surface area contributed by atoms with Crippen LogP contribution in [-0.2, 0) is 19.6 Å². The monoisotopic (exact) mass is 395 g/mol. The summed E-state index contributed by atoms with van der Waals surface area (Å²) in [5, 5.41) is 0.237. The zero-order valence-corrected chi connectivity index (χ0v) is 16.0. The molecule has 0 saturated carbocycles. The van der Waals surface area contributed by atoms with Crippen LogP contribution in [0.4, 0.5) is 10.8 Å². The van der Waals surface area contributed by atoms with Crippen molar-refractivity contribution < 1.29 is 22.7 Å². The summed E-state index contributed by atoms with van der Waals surface area (Å²) in [4.78, 5) is 29.8. The molecule has 0 atom stereocenters. The number of rotatable bonds is 5. The zero-order valence-electron chi connectivity index (χ0n) is 14.4. The highest BCUT2D eigenvalue weighted by atomic mass is 32.2. The molecule has 0 spiro atoms. The van der Waals surface area contributed by atoms with Gasteiger partial charge in [0.25, 0.3) is 10.0 Å². The minimum Gasteiger partial charge on any atom is -0.495 e. The van der Waals surface area contributed by atoms with Crippen LogP contribution in [0, 0.1) is 13.8 Å². The number of nitrogens with one attached hydrogen (secondary N) is 1. The summed E-state index contributed by atoms with van der Waals surface area (Å²) in [6, 6.07) is 4.16. The van der Waals surface area contributed by atoms with Crippen molar-refractivity contribution in [2.45, 2.75) is 31.6 Å². The highest BCUT2D eigenvalue weighted by molar-refractivity contribution is 7.93. The van der Waals surface area contributed by atoms with Crippen LogP contribution in [0.15, 0.2) is 23.1 Å². The Morgan fingerprint density at radius 2 is 1.85 bits per heavy atom. The van der Waals surface area contributed by atoms with Gasteiger partial charge in [0.15, 0.2) is 5.13 Å². The topological polar surface area (TPSA) is 106 Å². The molecule has 3 rings (SSSR count). The smallest absolute Gasteiger partial charge is 0.267 e. The van der Waals surface area contributed by atoms with Crippen molar-refractivity contribution in [2.75, 3.05) is 16.7 Å². The third-order valence-corrected chi connectivity index (χ3v) is 6.47. The van der Waals surface area contributed by atoms with Gasteiger partial charge in [-0.1, -0.05) is 0 Å². The van der Waals surface area contributed by atoms with Gasteiger partial charge in [0.2, 0.25) is 11.8 Å². The first-order valence-electron chi connectivity index (χ1n) is 7.73. The largest absolute Gasteiger partial charge is 0.495 e. The van der Waals surface area contributed by atoms with Crippen molar-refractivity contribution in [1.29, 1.82) is 0 Å². The van der Waals surface area contributed by atoms with Crippen LogP contribution in [0.2, 0.25) is 0 Å². The first-order chi connectivity index (χ1) is 12.2. The molecule has 0 aliphatic carbocycles. The molecule has 0 unspecified atom stereocenters. The lowest BCUT2D eigenvalue weighted by Gasteiger charge is -2.17. The van der Waals surface area contributed by atoms with Crippen LogP contribution < -0.4 is 14.4 Å². The molecule has 1 N–H and O–H groups in total. The average molecular weight is 395 g/mol. The number of anilines is 2. The van der Waals surface area contributed by atoms with Crippen molar-refractivity contribution >= 4 is 44.0 Å². The Morgan fingerprint density at radius 1 is 1.19 bits per heavy atom. The second-order valence-electron chi connectivity index (χ2n) is 5.72. The number of methoxy groups -OCH3 is 1. The molecule has 2 amide bonds. The first kappa shape index (κ1) is 18.3. The van der Waals surface area contributed by atoms with E-state index in [1.807, 2.05) is 6.92 Å². The van der Waals surface area contributed by atoms with Crippen molar-refractivity contribution in [2.24, 2.45) is 0 Å². The maximum Gasteiger partial charge on any atom is 0.267 e. The fourth-order valence-corrected chi connectivity index (χ4v) is 4.80. The predicted molar refractivity (Wildman–Crippen MR) is 97.1 cm³/mol. The minimum absolute atomic E-state index is 0.102. The number of thiazole rings is 1. The number of hydrogen-bond donors (Lipinski definition) is 1. The Balaban J connectivity index is 2.03. The highest BCUT2D eigenvalue weighted by Crippen LogP contribution is 2.33. The lowest BCUT2D eigenvalue weighted by atomic mass is 10.2. The van der Waals surface area contributed by atoms with Gasteiger partial charge in [0, 0.05) is 17.7 Å². The van der Waals surface area contributed by atoms with Crippen LogP contribution in [0.3, 0.4) is 0 Å². The van der Waals surface area contributed by atoms with Crippen LogP contribution >= 0.6 is 11.3 Å².